The summed E-state index contributed by atoms with van der Waals surface area (Å²) < 4.78 is 6.77. The Bertz CT molecular complexity index is 640. The Morgan fingerprint density at radius 3 is 2.89 bits per heavy atom. The lowest BCUT2D eigenvalue weighted by atomic mass is 10.2. The molecule has 1 aliphatic rings. The van der Waals surface area contributed by atoms with Gasteiger partial charge in [-0.05, 0) is 6.07 Å². The molecule has 1 aliphatic heterocycles. The molecule has 0 amide bonds. The summed E-state index contributed by atoms with van der Waals surface area (Å²) in [6, 6.07) is 4.55. The van der Waals surface area contributed by atoms with Crippen LogP contribution in [0, 0.1) is 10.1 Å². The first-order valence-corrected chi connectivity index (χ1v) is 5.67. The van der Waals surface area contributed by atoms with E-state index >= 15 is 0 Å². The molecule has 1 aromatic heterocycles. The Morgan fingerprint density at radius 2 is 2.26 bits per heavy atom. The van der Waals surface area contributed by atoms with Crippen molar-refractivity contribution in [3.05, 3.63) is 34.6 Å². The van der Waals surface area contributed by atoms with Crippen molar-refractivity contribution in [2.75, 3.05) is 6.61 Å². The standard InChI is InChI=1S/C11H11N3O5/c15-8-4-19-11(10(8)16)13-5-12-9-6(13)2-1-3-7(9)14(17)18/h1-3,5,8,10-11,15-16H,4H2. The zero-order valence-corrected chi connectivity index (χ0v) is 9.71. The third-order valence-electron chi connectivity index (χ3n) is 3.18. The number of nitro groups is 1. The predicted molar refractivity (Wildman–Crippen MR) is 63.4 cm³/mol. The molecular formula is C11H11N3O5. The minimum absolute atomic E-state index is 0.0143. The van der Waals surface area contributed by atoms with E-state index in [-0.39, 0.29) is 17.8 Å². The number of hydrogen-bond donors (Lipinski definition) is 2. The molecule has 1 saturated heterocycles. The van der Waals surface area contributed by atoms with Crippen molar-refractivity contribution in [1.82, 2.24) is 9.55 Å². The molecule has 1 aromatic carbocycles. The molecule has 0 spiro atoms. The van der Waals surface area contributed by atoms with Gasteiger partial charge >= 0.3 is 0 Å². The van der Waals surface area contributed by atoms with E-state index in [1.54, 1.807) is 6.07 Å². The van der Waals surface area contributed by atoms with Crippen molar-refractivity contribution in [2.24, 2.45) is 0 Å². The Kier molecular flexibility index (Phi) is 2.70. The molecule has 3 unspecified atom stereocenters. The lowest BCUT2D eigenvalue weighted by molar-refractivity contribution is -0.383. The van der Waals surface area contributed by atoms with Crippen LogP contribution in [-0.2, 0) is 4.74 Å². The number of hydrogen-bond acceptors (Lipinski definition) is 6. The van der Waals surface area contributed by atoms with Gasteiger partial charge < -0.3 is 19.5 Å². The number of benzene rings is 1. The average Bonchev–Trinajstić information content (AvgIpc) is 2.94. The first-order valence-electron chi connectivity index (χ1n) is 5.67. The Balaban J connectivity index is 2.11. The van der Waals surface area contributed by atoms with Crippen LogP contribution in [-0.4, -0.2) is 43.5 Å². The summed E-state index contributed by atoms with van der Waals surface area (Å²) in [5.74, 6) is 0. The summed E-state index contributed by atoms with van der Waals surface area (Å²) in [7, 11) is 0. The molecule has 8 nitrogen and oxygen atoms in total. The highest BCUT2D eigenvalue weighted by molar-refractivity contribution is 5.84. The number of para-hydroxylation sites is 1. The minimum Gasteiger partial charge on any atom is -0.388 e. The lowest BCUT2D eigenvalue weighted by Gasteiger charge is -2.16. The van der Waals surface area contributed by atoms with Gasteiger partial charge in [0.15, 0.2) is 11.7 Å². The van der Waals surface area contributed by atoms with Crippen LogP contribution in [0.25, 0.3) is 11.0 Å². The number of aliphatic hydroxyl groups is 2. The van der Waals surface area contributed by atoms with Crippen LogP contribution in [0.4, 0.5) is 5.69 Å². The first-order chi connectivity index (χ1) is 9.09. The van der Waals surface area contributed by atoms with Crippen LogP contribution in [0.2, 0.25) is 0 Å². The fourth-order valence-corrected chi connectivity index (χ4v) is 2.22. The van der Waals surface area contributed by atoms with E-state index in [1.807, 2.05) is 0 Å². The molecule has 8 heteroatoms. The Labute approximate surface area is 107 Å². The van der Waals surface area contributed by atoms with Crippen molar-refractivity contribution in [1.29, 1.82) is 0 Å². The third kappa shape index (κ3) is 1.77. The van der Waals surface area contributed by atoms with Crippen LogP contribution in [0.1, 0.15) is 6.23 Å². The highest BCUT2D eigenvalue weighted by Gasteiger charge is 2.36. The fraction of sp³-hybridized carbons (Fsp3) is 0.364. The molecule has 19 heavy (non-hydrogen) atoms. The molecule has 3 rings (SSSR count). The molecule has 0 radical (unpaired) electrons. The highest BCUT2D eigenvalue weighted by Crippen LogP contribution is 2.30. The van der Waals surface area contributed by atoms with Crippen LogP contribution in [0.5, 0.6) is 0 Å². The molecule has 2 N–H and O–H groups in total. The second-order valence-corrected chi connectivity index (χ2v) is 4.34. The van der Waals surface area contributed by atoms with Crippen LogP contribution in [0.15, 0.2) is 24.5 Å². The molecule has 0 saturated carbocycles. The second-order valence-electron chi connectivity index (χ2n) is 4.34. The van der Waals surface area contributed by atoms with Crippen molar-refractivity contribution in [2.45, 2.75) is 18.4 Å². The van der Waals surface area contributed by atoms with Crippen molar-refractivity contribution < 1.29 is 19.9 Å². The van der Waals surface area contributed by atoms with E-state index < -0.39 is 23.4 Å². The maximum atomic E-state index is 10.9. The second kappa shape index (κ2) is 4.26. The van der Waals surface area contributed by atoms with Crippen LogP contribution in [0.3, 0.4) is 0 Å². The number of nitro benzene ring substituents is 1. The van der Waals surface area contributed by atoms with Crippen LogP contribution >= 0.6 is 0 Å². The summed E-state index contributed by atoms with van der Waals surface area (Å²) in [6.45, 7) is 0.0143. The van der Waals surface area contributed by atoms with E-state index in [0.29, 0.717) is 5.52 Å². The van der Waals surface area contributed by atoms with Gasteiger partial charge in [0.1, 0.15) is 12.2 Å². The number of ether oxygens (including phenoxy) is 1. The van der Waals surface area contributed by atoms with Crippen molar-refractivity contribution >= 4 is 16.7 Å². The summed E-state index contributed by atoms with van der Waals surface area (Å²) in [5, 5.41) is 30.2. The largest absolute Gasteiger partial charge is 0.388 e. The number of fused-ring (bicyclic) bond motifs is 1. The van der Waals surface area contributed by atoms with Gasteiger partial charge in [0, 0.05) is 6.07 Å². The van der Waals surface area contributed by atoms with Crippen molar-refractivity contribution in [3.63, 3.8) is 0 Å². The first kappa shape index (κ1) is 12.0. The molecule has 2 heterocycles. The minimum atomic E-state index is -1.09. The normalized spacial score (nSPS) is 26.9. The number of rotatable bonds is 2. The predicted octanol–water partition coefficient (Wildman–Crippen LogP) is 0.195. The number of aromatic nitrogens is 2. The zero-order valence-electron chi connectivity index (χ0n) is 9.71. The van der Waals surface area contributed by atoms with Crippen LogP contribution < -0.4 is 0 Å². The monoisotopic (exact) mass is 265 g/mol. The SMILES string of the molecule is O=[N+]([O-])c1cccc2c1ncn2C1OCC(O)C1O. The summed E-state index contributed by atoms with van der Waals surface area (Å²) in [4.78, 5) is 14.4. The van der Waals surface area contributed by atoms with Gasteiger partial charge in [-0.2, -0.15) is 0 Å². The maximum absolute atomic E-state index is 10.9. The molecule has 1 fully saturated rings. The molecule has 0 aliphatic carbocycles. The smallest absolute Gasteiger partial charge is 0.297 e. The summed E-state index contributed by atoms with van der Waals surface area (Å²) in [6.07, 6.45) is -1.48. The van der Waals surface area contributed by atoms with Crippen molar-refractivity contribution in [3.8, 4) is 0 Å². The van der Waals surface area contributed by atoms with Gasteiger partial charge in [-0.25, -0.2) is 4.98 Å². The van der Waals surface area contributed by atoms with E-state index in [9.17, 15) is 20.3 Å². The average molecular weight is 265 g/mol. The van der Waals surface area contributed by atoms with Gasteiger partial charge in [0.05, 0.1) is 23.4 Å². The van der Waals surface area contributed by atoms with E-state index in [0.717, 1.165) is 0 Å². The topological polar surface area (TPSA) is 111 Å². The lowest BCUT2D eigenvalue weighted by Crippen LogP contribution is -2.27. The number of imidazole rings is 1. The third-order valence-corrected chi connectivity index (χ3v) is 3.18. The Hall–Kier alpha value is -2.03. The number of aliphatic hydroxyl groups excluding tert-OH is 2. The molecule has 3 atom stereocenters. The fourth-order valence-electron chi connectivity index (χ4n) is 2.22. The van der Waals surface area contributed by atoms with E-state index in [4.69, 9.17) is 4.74 Å². The maximum Gasteiger partial charge on any atom is 0.297 e. The van der Waals surface area contributed by atoms with Gasteiger partial charge in [-0.15, -0.1) is 0 Å². The molecular weight excluding hydrogens is 254 g/mol. The zero-order chi connectivity index (χ0) is 13.6. The Morgan fingerprint density at radius 1 is 1.47 bits per heavy atom. The van der Waals surface area contributed by atoms with E-state index in [2.05, 4.69) is 4.98 Å². The highest BCUT2D eigenvalue weighted by atomic mass is 16.6. The summed E-state index contributed by atoms with van der Waals surface area (Å²) in [5.41, 5.74) is 0.598. The van der Waals surface area contributed by atoms with Gasteiger partial charge in [-0.1, -0.05) is 6.07 Å². The van der Waals surface area contributed by atoms with Gasteiger partial charge in [-0.3, -0.25) is 10.1 Å². The number of non-ortho nitro benzene ring substituents is 1. The number of nitrogens with zero attached hydrogens (tertiary/aromatic N) is 3. The summed E-state index contributed by atoms with van der Waals surface area (Å²) >= 11 is 0. The van der Waals surface area contributed by atoms with Gasteiger partial charge in [0.25, 0.3) is 5.69 Å². The van der Waals surface area contributed by atoms with E-state index in [1.165, 1.54) is 23.0 Å². The molecule has 2 aromatic rings. The quantitative estimate of drug-likeness (QED) is 0.592. The molecule has 100 valence electrons. The van der Waals surface area contributed by atoms with Gasteiger partial charge in [0.2, 0.25) is 0 Å². The molecule has 0 bridgehead atoms.